The van der Waals surface area contributed by atoms with Crippen LogP contribution < -0.4 is 10.6 Å². The van der Waals surface area contributed by atoms with Gasteiger partial charge in [-0.2, -0.15) is 0 Å². The molecule has 1 saturated carbocycles. The lowest BCUT2D eigenvalue weighted by molar-refractivity contribution is 0.0780. The molecule has 3 nitrogen and oxygen atoms in total. The summed E-state index contributed by atoms with van der Waals surface area (Å²) in [6, 6.07) is 9.86. The first-order chi connectivity index (χ1) is 8.77. The van der Waals surface area contributed by atoms with Gasteiger partial charge in [0.25, 0.3) is 5.91 Å². The summed E-state index contributed by atoms with van der Waals surface area (Å²) in [6.45, 7) is 2.35. The second-order valence-electron chi connectivity index (χ2n) is 5.72. The molecule has 1 saturated heterocycles. The van der Waals surface area contributed by atoms with Crippen LogP contribution in [-0.2, 0) is 0 Å². The van der Waals surface area contributed by atoms with Crippen LogP contribution in [-0.4, -0.2) is 25.0 Å². The summed E-state index contributed by atoms with van der Waals surface area (Å²) in [5.41, 5.74) is 1.33. The van der Waals surface area contributed by atoms with Crippen molar-refractivity contribution >= 4 is 5.91 Å². The number of nitrogens with one attached hydrogen (secondary N) is 2. The Labute approximate surface area is 108 Å². The van der Waals surface area contributed by atoms with Gasteiger partial charge in [-0.1, -0.05) is 18.2 Å². The molecular weight excluding hydrogens is 224 g/mol. The van der Waals surface area contributed by atoms with Crippen molar-refractivity contribution in [3.05, 3.63) is 35.9 Å². The average Bonchev–Trinajstić information content (AvgIpc) is 2.39. The molecule has 2 N–H and O–H groups in total. The first-order valence-corrected chi connectivity index (χ1v) is 6.84. The predicted octanol–water partition coefficient (Wildman–Crippen LogP) is 1.95. The SMILES string of the molecule is O=C(NC1CCC2(CC1)CNC2)c1ccccc1. The maximum Gasteiger partial charge on any atom is 0.251 e. The molecule has 1 aliphatic carbocycles. The van der Waals surface area contributed by atoms with Crippen LogP contribution >= 0.6 is 0 Å². The second kappa shape index (κ2) is 4.73. The zero-order valence-corrected chi connectivity index (χ0v) is 10.6. The van der Waals surface area contributed by atoms with E-state index in [1.54, 1.807) is 0 Å². The summed E-state index contributed by atoms with van der Waals surface area (Å²) >= 11 is 0. The molecule has 3 heteroatoms. The maximum absolute atomic E-state index is 12.0. The van der Waals surface area contributed by atoms with E-state index in [-0.39, 0.29) is 5.91 Å². The van der Waals surface area contributed by atoms with Crippen LogP contribution in [0.2, 0.25) is 0 Å². The molecule has 96 valence electrons. The molecule has 1 aromatic rings. The van der Waals surface area contributed by atoms with Crippen molar-refractivity contribution in [2.24, 2.45) is 5.41 Å². The van der Waals surface area contributed by atoms with Crippen LogP contribution in [0.25, 0.3) is 0 Å². The van der Waals surface area contributed by atoms with E-state index in [0.717, 1.165) is 18.4 Å². The Morgan fingerprint density at radius 2 is 1.83 bits per heavy atom. The summed E-state index contributed by atoms with van der Waals surface area (Å²) in [7, 11) is 0. The molecule has 2 fully saturated rings. The number of carbonyl (C=O) groups is 1. The smallest absolute Gasteiger partial charge is 0.251 e. The monoisotopic (exact) mass is 244 g/mol. The quantitative estimate of drug-likeness (QED) is 0.835. The van der Waals surface area contributed by atoms with Crippen molar-refractivity contribution in [3.8, 4) is 0 Å². The van der Waals surface area contributed by atoms with Gasteiger partial charge in [0.1, 0.15) is 0 Å². The standard InChI is InChI=1S/C15H20N2O/c18-14(12-4-2-1-3-5-12)17-13-6-8-15(9-7-13)10-16-11-15/h1-5,13,16H,6-11H2,(H,17,18). The van der Waals surface area contributed by atoms with Gasteiger partial charge in [0.15, 0.2) is 0 Å². The van der Waals surface area contributed by atoms with E-state index in [1.807, 2.05) is 30.3 Å². The van der Waals surface area contributed by atoms with E-state index in [4.69, 9.17) is 0 Å². The largest absolute Gasteiger partial charge is 0.349 e. The minimum atomic E-state index is 0.0725. The van der Waals surface area contributed by atoms with Crippen LogP contribution in [0.15, 0.2) is 30.3 Å². The molecule has 1 heterocycles. The van der Waals surface area contributed by atoms with Gasteiger partial charge in [0.05, 0.1) is 0 Å². The first-order valence-electron chi connectivity index (χ1n) is 6.84. The molecule has 0 atom stereocenters. The highest BCUT2D eigenvalue weighted by Gasteiger charge is 2.40. The summed E-state index contributed by atoms with van der Waals surface area (Å²) in [4.78, 5) is 12.0. The molecule has 1 aromatic carbocycles. The Morgan fingerprint density at radius 1 is 1.17 bits per heavy atom. The summed E-state index contributed by atoms with van der Waals surface area (Å²) in [6.07, 6.45) is 4.75. The van der Waals surface area contributed by atoms with Crippen molar-refractivity contribution in [1.29, 1.82) is 0 Å². The molecule has 1 amide bonds. The third-order valence-electron chi connectivity index (χ3n) is 4.42. The molecule has 18 heavy (non-hydrogen) atoms. The van der Waals surface area contributed by atoms with Gasteiger partial charge in [0, 0.05) is 24.7 Å². The predicted molar refractivity (Wildman–Crippen MR) is 71.5 cm³/mol. The number of amides is 1. The Morgan fingerprint density at radius 3 is 2.39 bits per heavy atom. The van der Waals surface area contributed by atoms with Crippen LogP contribution in [0.3, 0.4) is 0 Å². The molecule has 1 spiro atoms. The number of hydrogen-bond donors (Lipinski definition) is 2. The second-order valence-corrected chi connectivity index (χ2v) is 5.72. The van der Waals surface area contributed by atoms with Crippen LogP contribution in [0.4, 0.5) is 0 Å². The normalized spacial score (nSPS) is 22.4. The summed E-state index contributed by atoms with van der Waals surface area (Å²) < 4.78 is 0. The molecule has 3 rings (SSSR count). The first kappa shape index (κ1) is 11.7. The fraction of sp³-hybridized carbons (Fsp3) is 0.533. The van der Waals surface area contributed by atoms with E-state index >= 15 is 0 Å². The number of hydrogen-bond acceptors (Lipinski definition) is 2. The van der Waals surface area contributed by atoms with Gasteiger partial charge in [0.2, 0.25) is 0 Å². The Bertz CT molecular complexity index is 415. The third-order valence-corrected chi connectivity index (χ3v) is 4.42. The highest BCUT2D eigenvalue weighted by Crippen LogP contribution is 2.39. The molecule has 0 unspecified atom stereocenters. The minimum absolute atomic E-state index is 0.0725. The fourth-order valence-corrected chi connectivity index (χ4v) is 3.06. The van der Waals surface area contributed by atoms with Gasteiger partial charge in [-0.05, 0) is 43.2 Å². The zero-order valence-electron chi connectivity index (χ0n) is 10.6. The molecule has 1 aliphatic heterocycles. The van der Waals surface area contributed by atoms with Crippen LogP contribution in [0, 0.1) is 5.41 Å². The van der Waals surface area contributed by atoms with Gasteiger partial charge in [-0.25, -0.2) is 0 Å². The lowest BCUT2D eigenvalue weighted by Gasteiger charge is -2.47. The van der Waals surface area contributed by atoms with Gasteiger partial charge < -0.3 is 10.6 Å². The van der Waals surface area contributed by atoms with E-state index in [2.05, 4.69) is 10.6 Å². The summed E-state index contributed by atoms with van der Waals surface area (Å²) in [5.74, 6) is 0.0725. The van der Waals surface area contributed by atoms with E-state index in [9.17, 15) is 4.79 Å². The van der Waals surface area contributed by atoms with Crippen molar-refractivity contribution in [1.82, 2.24) is 10.6 Å². The van der Waals surface area contributed by atoms with Gasteiger partial charge >= 0.3 is 0 Å². The van der Waals surface area contributed by atoms with Crippen molar-refractivity contribution in [3.63, 3.8) is 0 Å². The molecule has 0 aromatic heterocycles. The van der Waals surface area contributed by atoms with Crippen LogP contribution in [0.5, 0.6) is 0 Å². The van der Waals surface area contributed by atoms with Crippen molar-refractivity contribution < 1.29 is 4.79 Å². The number of rotatable bonds is 2. The molecular formula is C15H20N2O. The van der Waals surface area contributed by atoms with E-state index in [0.29, 0.717) is 11.5 Å². The highest BCUT2D eigenvalue weighted by molar-refractivity contribution is 5.94. The Hall–Kier alpha value is -1.35. The van der Waals surface area contributed by atoms with Gasteiger partial charge in [-0.3, -0.25) is 4.79 Å². The summed E-state index contributed by atoms with van der Waals surface area (Å²) in [5, 5.41) is 6.53. The average molecular weight is 244 g/mol. The highest BCUT2D eigenvalue weighted by atomic mass is 16.1. The maximum atomic E-state index is 12.0. The topological polar surface area (TPSA) is 41.1 Å². The fourth-order valence-electron chi connectivity index (χ4n) is 3.06. The zero-order chi connectivity index (χ0) is 12.4. The van der Waals surface area contributed by atoms with Crippen LogP contribution in [0.1, 0.15) is 36.0 Å². The van der Waals surface area contributed by atoms with Crippen molar-refractivity contribution in [2.45, 2.75) is 31.7 Å². The van der Waals surface area contributed by atoms with E-state index in [1.165, 1.54) is 25.9 Å². The minimum Gasteiger partial charge on any atom is -0.349 e. The molecule has 2 aliphatic rings. The van der Waals surface area contributed by atoms with Gasteiger partial charge in [-0.15, -0.1) is 0 Å². The number of benzene rings is 1. The molecule has 0 bridgehead atoms. The molecule has 0 radical (unpaired) electrons. The third kappa shape index (κ3) is 2.27. The lowest BCUT2D eigenvalue weighted by atomic mass is 9.68. The Balaban J connectivity index is 1.53. The van der Waals surface area contributed by atoms with E-state index < -0.39 is 0 Å². The number of carbonyl (C=O) groups excluding carboxylic acids is 1. The Kier molecular flexibility index (Phi) is 3.08. The lowest BCUT2D eigenvalue weighted by Crippen LogP contribution is -2.56. The van der Waals surface area contributed by atoms with Crippen molar-refractivity contribution in [2.75, 3.05) is 13.1 Å².